The lowest BCUT2D eigenvalue weighted by atomic mass is 10.1. The molecule has 22 heavy (non-hydrogen) atoms. The predicted octanol–water partition coefficient (Wildman–Crippen LogP) is 6.37. The summed E-state index contributed by atoms with van der Waals surface area (Å²) >= 11 is 0. The summed E-state index contributed by atoms with van der Waals surface area (Å²) in [6.45, 7) is 14.0. The number of nitrogens with one attached hydrogen (secondary N) is 1. The lowest BCUT2D eigenvalue weighted by Crippen LogP contribution is -2.09. The van der Waals surface area contributed by atoms with Gasteiger partial charge in [-0.2, -0.15) is 0 Å². The predicted molar refractivity (Wildman–Crippen MR) is 102 cm³/mol. The van der Waals surface area contributed by atoms with Gasteiger partial charge in [0.2, 0.25) is 0 Å². The molecule has 0 aromatic rings. The van der Waals surface area contributed by atoms with Gasteiger partial charge in [0.05, 0.1) is 0 Å². The molecule has 0 aliphatic carbocycles. The third kappa shape index (κ3) is 11.8. The molecule has 0 bridgehead atoms. The fraction of sp³-hybridized carbons (Fsp3) is 0.333. The molecule has 0 heterocycles. The van der Waals surface area contributed by atoms with Crippen molar-refractivity contribution < 1.29 is 0 Å². The van der Waals surface area contributed by atoms with E-state index in [1.165, 1.54) is 5.57 Å². The van der Waals surface area contributed by atoms with Crippen molar-refractivity contribution in [3.05, 3.63) is 84.8 Å². The molecule has 0 fully saturated rings. The van der Waals surface area contributed by atoms with Crippen molar-refractivity contribution in [2.45, 2.75) is 46.5 Å². The first-order valence-electron chi connectivity index (χ1n) is 7.97. The van der Waals surface area contributed by atoms with Crippen molar-refractivity contribution in [3.8, 4) is 0 Å². The van der Waals surface area contributed by atoms with Gasteiger partial charge in [0.1, 0.15) is 0 Å². The Kier molecular flexibility index (Phi) is 12.7. The molecule has 0 rings (SSSR count). The Morgan fingerprint density at radius 1 is 1.00 bits per heavy atom. The van der Waals surface area contributed by atoms with Crippen molar-refractivity contribution in [3.63, 3.8) is 0 Å². The first-order valence-corrected chi connectivity index (χ1v) is 7.97. The molecule has 0 radical (unpaired) electrons. The minimum Gasteiger partial charge on any atom is -0.359 e. The Hall–Kier alpha value is -2.02. The van der Waals surface area contributed by atoms with Crippen LogP contribution in [0.2, 0.25) is 0 Å². The van der Waals surface area contributed by atoms with Crippen LogP contribution in [0.5, 0.6) is 0 Å². The zero-order valence-corrected chi connectivity index (χ0v) is 14.4. The van der Waals surface area contributed by atoms with Crippen molar-refractivity contribution in [1.82, 2.24) is 5.32 Å². The van der Waals surface area contributed by atoms with Crippen molar-refractivity contribution in [2.75, 3.05) is 0 Å². The highest BCUT2D eigenvalue weighted by Crippen LogP contribution is 2.07. The van der Waals surface area contributed by atoms with Crippen LogP contribution in [0, 0.1) is 0 Å². The van der Waals surface area contributed by atoms with Crippen LogP contribution in [0.25, 0.3) is 0 Å². The minimum absolute atomic E-state index is 0.940. The van der Waals surface area contributed by atoms with E-state index in [0.717, 1.165) is 37.1 Å². The number of allylic oxidation sites excluding steroid dienone is 11. The molecule has 0 aromatic carbocycles. The third-order valence-corrected chi connectivity index (χ3v) is 3.02. The van der Waals surface area contributed by atoms with Gasteiger partial charge in [-0.1, -0.05) is 61.3 Å². The summed E-state index contributed by atoms with van der Waals surface area (Å²) in [5.74, 6) is 0. The van der Waals surface area contributed by atoms with Gasteiger partial charge in [0, 0.05) is 11.4 Å². The van der Waals surface area contributed by atoms with E-state index in [4.69, 9.17) is 0 Å². The van der Waals surface area contributed by atoms with Crippen LogP contribution in [0.1, 0.15) is 46.5 Å². The summed E-state index contributed by atoms with van der Waals surface area (Å²) in [6.07, 6.45) is 22.7. The maximum Gasteiger partial charge on any atom is 0.0378 e. The summed E-state index contributed by atoms with van der Waals surface area (Å²) in [6, 6.07) is 0. The van der Waals surface area contributed by atoms with E-state index in [1.54, 1.807) is 6.08 Å². The molecule has 0 saturated carbocycles. The molecule has 0 aliphatic rings. The first-order chi connectivity index (χ1) is 10.6. The highest BCUT2D eigenvalue weighted by Gasteiger charge is 1.94. The largest absolute Gasteiger partial charge is 0.359 e. The summed E-state index contributed by atoms with van der Waals surface area (Å²) in [7, 11) is 0. The van der Waals surface area contributed by atoms with Crippen LogP contribution in [0.4, 0.5) is 0 Å². The fourth-order valence-electron chi connectivity index (χ4n) is 1.86. The minimum atomic E-state index is 0.940. The second kappa shape index (κ2) is 13.9. The van der Waals surface area contributed by atoms with E-state index in [2.05, 4.69) is 55.8 Å². The Morgan fingerprint density at radius 2 is 1.68 bits per heavy atom. The zero-order chi connectivity index (χ0) is 16.6. The molecule has 120 valence electrons. The van der Waals surface area contributed by atoms with Gasteiger partial charge in [-0.25, -0.2) is 0 Å². The Morgan fingerprint density at radius 3 is 2.27 bits per heavy atom. The van der Waals surface area contributed by atoms with Crippen LogP contribution in [0.15, 0.2) is 84.8 Å². The molecule has 0 amide bonds. The van der Waals surface area contributed by atoms with Crippen LogP contribution < -0.4 is 5.32 Å². The van der Waals surface area contributed by atoms with E-state index in [9.17, 15) is 0 Å². The first kappa shape index (κ1) is 20.0. The monoisotopic (exact) mass is 297 g/mol. The van der Waals surface area contributed by atoms with Crippen molar-refractivity contribution in [2.24, 2.45) is 0 Å². The lowest BCUT2D eigenvalue weighted by molar-refractivity contribution is 0.862. The lowest BCUT2D eigenvalue weighted by Gasteiger charge is -2.09. The van der Waals surface area contributed by atoms with Gasteiger partial charge in [-0.15, -0.1) is 0 Å². The van der Waals surface area contributed by atoms with E-state index in [-0.39, 0.29) is 0 Å². The van der Waals surface area contributed by atoms with Crippen molar-refractivity contribution >= 4 is 0 Å². The quantitative estimate of drug-likeness (QED) is 0.345. The average Bonchev–Trinajstić information content (AvgIpc) is 2.49. The standard InChI is InChI=1S/C21H31N/c1-6-9-16-19(4)17-12-10-11-13-18-20(5)22-21(14-7-2)15-8-3/h6-11,14-16,22H,2,5,12-13,17-18H2,1,3-4H3/b9-6-,11-10-,15-8-,19-16+,21-14+. The van der Waals surface area contributed by atoms with Gasteiger partial charge in [-0.05, 0) is 58.6 Å². The fourth-order valence-corrected chi connectivity index (χ4v) is 1.86. The molecule has 0 aliphatic heterocycles. The summed E-state index contributed by atoms with van der Waals surface area (Å²) in [5, 5.41) is 3.31. The second-order valence-electron chi connectivity index (χ2n) is 5.17. The molecule has 0 spiro atoms. The average molecular weight is 297 g/mol. The highest BCUT2D eigenvalue weighted by molar-refractivity contribution is 5.24. The Balaban J connectivity index is 3.99. The van der Waals surface area contributed by atoms with Crippen molar-refractivity contribution in [1.29, 1.82) is 0 Å². The van der Waals surface area contributed by atoms with Gasteiger partial charge >= 0.3 is 0 Å². The second-order valence-corrected chi connectivity index (χ2v) is 5.17. The molecule has 1 nitrogen and oxygen atoms in total. The number of hydrogen-bond acceptors (Lipinski definition) is 1. The molecule has 0 saturated heterocycles. The van der Waals surface area contributed by atoms with Gasteiger partial charge < -0.3 is 5.32 Å². The van der Waals surface area contributed by atoms with Gasteiger partial charge in [0.15, 0.2) is 0 Å². The molecule has 0 unspecified atom stereocenters. The third-order valence-electron chi connectivity index (χ3n) is 3.02. The van der Waals surface area contributed by atoms with Crippen LogP contribution >= 0.6 is 0 Å². The zero-order valence-electron chi connectivity index (χ0n) is 14.4. The SMILES string of the molecule is C=C/C=C(\C=C/C)NC(=C)CC/C=C\CC/C(C)=C/C=C\C. The summed E-state index contributed by atoms with van der Waals surface area (Å²) in [5.41, 5.74) is 3.47. The normalized spacial score (nSPS) is 13.4. The summed E-state index contributed by atoms with van der Waals surface area (Å²) < 4.78 is 0. The van der Waals surface area contributed by atoms with E-state index in [1.807, 2.05) is 32.1 Å². The van der Waals surface area contributed by atoms with E-state index < -0.39 is 0 Å². The van der Waals surface area contributed by atoms with Gasteiger partial charge in [-0.3, -0.25) is 0 Å². The topological polar surface area (TPSA) is 12.0 Å². The van der Waals surface area contributed by atoms with Gasteiger partial charge in [0.25, 0.3) is 0 Å². The van der Waals surface area contributed by atoms with Crippen LogP contribution in [0.3, 0.4) is 0 Å². The number of rotatable bonds is 11. The Labute approximate surface area is 137 Å². The number of hydrogen-bond donors (Lipinski definition) is 1. The smallest absolute Gasteiger partial charge is 0.0378 e. The van der Waals surface area contributed by atoms with Crippen LogP contribution in [-0.2, 0) is 0 Å². The summed E-state index contributed by atoms with van der Waals surface area (Å²) in [4.78, 5) is 0. The molecule has 1 N–H and O–H groups in total. The van der Waals surface area contributed by atoms with Crippen LogP contribution in [-0.4, -0.2) is 0 Å². The maximum atomic E-state index is 4.07. The van der Waals surface area contributed by atoms with E-state index in [0.29, 0.717) is 0 Å². The maximum absolute atomic E-state index is 4.07. The molecule has 0 atom stereocenters. The molecule has 1 heteroatoms. The molecular formula is C21H31N. The van der Waals surface area contributed by atoms with E-state index >= 15 is 0 Å². The Bertz CT molecular complexity index is 470. The highest BCUT2D eigenvalue weighted by atomic mass is 14.9. The molecular weight excluding hydrogens is 266 g/mol. The molecule has 0 aromatic heterocycles.